The van der Waals surface area contributed by atoms with Crippen LogP contribution in [0.15, 0.2) is 60.8 Å². The number of nitrogens with zero attached hydrogens (tertiary/aromatic N) is 3. The van der Waals surface area contributed by atoms with Crippen LogP contribution >= 0.6 is 11.6 Å². The minimum Gasteiger partial charge on any atom is -0.480 e. The lowest BCUT2D eigenvalue weighted by Gasteiger charge is -2.25. The van der Waals surface area contributed by atoms with Crippen molar-refractivity contribution in [2.24, 2.45) is 0 Å². The molecule has 1 atom stereocenters. The second-order valence-corrected chi connectivity index (χ2v) is 8.31. The molecule has 0 fully saturated rings. The highest BCUT2D eigenvalue weighted by Gasteiger charge is 2.25. The van der Waals surface area contributed by atoms with Crippen molar-refractivity contribution in [3.05, 3.63) is 88.5 Å². The zero-order valence-corrected chi connectivity index (χ0v) is 18.9. The number of carbonyl (C=O) groups is 1. The predicted octanol–water partition coefficient (Wildman–Crippen LogP) is 5.06. The van der Waals surface area contributed by atoms with Crippen molar-refractivity contribution in [3.8, 4) is 0 Å². The Morgan fingerprint density at radius 3 is 2.55 bits per heavy atom. The minimum atomic E-state index is -0.834. The first-order chi connectivity index (χ1) is 15.0. The molecule has 0 aliphatic heterocycles. The van der Waals surface area contributed by atoms with Crippen LogP contribution in [0.3, 0.4) is 0 Å². The number of rotatable bonds is 11. The molecule has 0 bridgehead atoms. The lowest BCUT2D eigenvalue weighted by Crippen LogP contribution is -2.40. The summed E-state index contributed by atoms with van der Waals surface area (Å²) in [7, 11) is 1.86. The van der Waals surface area contributed by atoms with Crippen LogP contribution in [0.25, 0.3) is 0 Å². The van der Waals surface area contributed by atoms with Gasteiger partial charge in [0.1, 0.15) is 11.9 Å². The summed E-state index contributed by atoms with van der Waals surface area (Å²) >= 11 is 6.41. The van der Waals surface area contributed by atoms with Gasteiger partial charge in [-0.05, 0) is 30.7 Å². The minimum absolute atomic E-state index is 0.377. The van der Waals surface area contributed by atoms with Gasteiger partial charge in [0.15, 0.2) is 0 Å². The third-order valence-electron chi connectivity index (χ3n) is 5.56. The number of aliphatic carboxylic acids is 1. The fourth-order valence-electron chi connectivity index (χ4n) is 3.75. The molecule has 5 nitrogen and oxygen atoms in total. The number of aryl methyl sites for hydroxylation is 1. The molecular formula is C25H30ClN3O2. The first kappa shape index (κ1) is 23.0. The summed E-state index contributed by atoms with van der Waals surface area (Å²) in [5.41, 5.74) is 3.01. The van der Waals surface area contributed by atoms with Crippen LogP contribution in [-0.2, 0) is 30.7 Å². The van der Waals surface area contributed by atoms with Crippen molar-refractivity contribution >= 4 is 17.6 Å². The van der Waals surface area contributed by atoms with E-state index in [2.05, 4.69) is 16.5 Å². The van der Waals surface area contributed by atoms with E-state index in [1.807, 2.05) is 72.7 Å². The van der Waals surface area contributed by atoms with Gasteiger partial charge in [-0.1, -0.05) is 73.5 Å². The van der Waals surface area contributed by atoms with Gasteiger partial charge in [0, 0.05) is 36.3 Å². The average Bonchev–Trinajstić information content (AvgIpc) is 3.13. The molecule has 3 aromatic rings. The number of imidazole rings is 1. The lowest BCUT2D eigenvalue weighted by molar-refractivity contribution is -0.143. The maximum Gasteiger partial charge on any atom is 0.321 e. The second kappa shape index (κ2) is 11.1. The first-order valence-electron chi connectivity index (χ1n) is 10.7. The molecule has 0 amide bonds. The Balaban J connectivity index is 1.86. The van der Waals surface area contributed by atoms with Crippen molar-refractivity contribution in [1.82, 2.24) is 14.5 Å². The van der Waals surface area contributed by atoms with Crippen LogP contribution in [0.1, 0.15) is 42.4 Å². The Morgan fingerprint density at radius 2 is 1.87 bits per heavy atom. The highest BCUT2D eigenvalue weighted by Crippen LogP contribution is 2.21. The molecule has 6 heteroatoms. The van der Waals surface area contributed by atoms with Gasteiger partial charge in [0.25, 0.3) is 0 Å². The number of carboxylic acid groups (broad SMARTS) is 1. The standard InChI is InChI=1S/C25H30ClN3O2/c1-3-4-14-24-27-16-21(29(24)18-20-12-8-9-13-22(20)26)15-23(25(30)31)28(2)17-19-10-6-5-7-11-19/h5-13,16,23H,3-4,14-15,17-18H2,1-2H3,(H,30,31). The molecule has 31 heavy (non-hydrogen) atoms. The summed E-state index contributed by atoms with van der Waals surface area (Å²) in [6.07, 6.45) is 5.18. The van der Waals surface area contributed by atoms with Crippen molar-refractivity contribution < 1.29 is 9.90 Å². The molecule has 0 aliphatic carbocycles. The van der Waals surface area contributed by atoms with Crippen LogP contribution in [0.4, 0.5) is 0 Å². The number of likely N-dealkylation sites (N-methyl/N-ethyl adjacent to an activating group) is 1. The molecule has 0 aliphatic rings. The molecule has 1 N–H and O–H groups in total. The van der Waals surface area contributed by atoms with Crippen molar-refractivity contribution in [2.75, 3.05) is 7.05 Å². The third kappa shape index (κ3) is 6.18. The quantitative estimate of drug-likeness (QED) is 0.454. The fraction of sp³-hybridized carbons (Fsp3) is 0.360. The molecule has 1 unspecified atom stereocenters. The highest BCUT2D eigenvalue weighted by molar-refractivity contribution is 6.31. The Labute approximate surface area is 189 Å². The predicted molar refractivity (Wildman–Crippen MR) is 124 cm³/mol. The van der Waals surface area contributed by atoms with Gasteiger partial charge in [-0.3, -0.25) is 9.69 Å². The molecule has 1 heterocycles. The monoisotopic (exact) mass is 439 g/mol. The number of carboxylic acids is 1. The Morgan fingerprint density at radius 1 is 1.16 bits per heavy atom. The molecule has 0 saturated heterocycles. The van der Waals surface area contributed by atoms with Gasteiger partial charge in [-0.2, -0.15) is 0 Å². The lowest BCUT2D eigenvalue weighted by atomic mass is 10.1. The SMILES string of the molecule is CCCCc1ncc(CC(C(=O)O)N(C)Cc2ccccc2)n1Cc1ccccc1Cl. The van der Waals surface area contributed by atoms with Crippen molar-refractivity contribution in [3.63, 3.8) is 0 Å². The molecule has 2 aromatic carbocycles. The average molecular weight is 440 g/mol. The maximum atomic E-state index is 12.1. The summed E-state index contributed by atoms with van der Waals surface area (Å²) < 4.78 is 2.14. The number of unbranched alkanes of at least 4 members (excludes halogenated alkanes) is 1. The third-order valence-corrected chi connectivity index (χ3v) is 5.92. The van der Waals surface area contributed by atoms with E-state index >= 15 is 0 Å². The second-order valence-electron chi connectivity index (χ2n) is 7.91. The van der Waals surface area contributed by atoms with Crippen LogP contribution in [0, 0.1) is 0 Å². The number of aromatic nitrogens is 2. The number of hydrogen-bond acceptors (Lipinski definition) is 3. The van der Waals surface area contributed by atoms with Crippen molar-refractivity contribution in [1.29, 1.82) is 0 Å². The number of hydrogen-bond donors (Lipinski definition) is 1. The molecular weight excluding hydrogens is 410 g/mol. The molecule has 3 rings (SSSR count). The fourth-order valence-corrected chi connectivity index (χ4v) is 3.95. The number of halogens is 1. The van der Waals surface area contributed by atoms with Crippen LogP contribution < -0.4 is 0 Å². The van der Waals surface area contributed by atoms with E-state index in [0.29, 0.717) is 24.5 Å². The topological polar surface area (TPSA) is 58.4 Å². The van der Waals surface area contributed by atoms with E-state index in [9.17, 15) is 9.90 Å². The van der Waals surface area contributed by atoms with E-state index in [4.69, 9.17) is 11.6 Å². The summed E-state index contributed by atoms with van der Waals surface area (Å²) in [6, 6.07) is 17.0. The van der Waals surface area contributed by atoms with Gasteiger partial charge >= 0.3 is 5.97 Å². The van der Waals surface area contributed by atoms with Gasteiger partial charge in [0.05, 0.1) is 6.54 Å². The molecule has 164 valence electrons. The Kier molecular flexibility index (Phi) is 8.27. The van der Waals surface area contributed by atoms with E-state index in [0.717, 1.165) is 41.9 Å². The summed E-state index contributed by atoms with van der Waals surface area (Å²) in [5, 5.41) is 10.7. The van der Waals surface area contributed by atoms with Crippen LogP contribution in [0.2, 0.25) is 5.02 Å². The van der Waals surface area contributed by atoms with Crippen LogP contribution in [0.5, 0.6) is 0 Å². The zero-order chi connectivity index (χ0) is 22.2. The van der Waals surface area contributed by atoms with E-state index in [1.165, 1.54) is 0 Å². The smallest absolute Gasteiger partial charge is 0.321 e. The largest absolute Gasteiger partial charge is 0.480 e. The van der Waals surface area contributed by atoms with Gasteiger partial charge in [0.2, 0.25) is 0 Å². The highest BCUT2D eigenvalue weighted by atomic mass is 35.5. The first-order valence-corrected chi connectivity index (χ1v) is 11.1. The van der Waals surface area contributed by atoms with Gasteiger partial charge in [-0.25, -0.2) is 4.98 Å². The summed E-state index contributed by atoms with van der Waals surface area (Å²) in [6.45, 7) is 3.31. The van der Waals surface area contributed by atoms with E-state index < -0.39 is 12.0 Å². The van der Waals surface area contributed by atoms with E-state index in [-0.39, 0.29) is 0 Å². The maximum absolute atomic E-state index is 12.1. The normalized spacial score (nSPS) is 12.3. The Hall–Kier alpha value is -2.63. The van der Waals surface area contributed by atoms with Gasteiger partial charge < -0.3 is 9.67 Å². The molecule has 0 radical (unpaired) electrons. The summed E-state index contributed by atoms with van der Waals surface area (Å²) in [5.74, 6) is 0.144. The molecule has 0 spiro atoms. The number of benzene rings is 2. The summed E-state index contributed by atoms with van der Waals surface area (Å²) in [4.78, 5) is 18.7. The molecule has 0 saturated carbocycles. The van der Waals surface area contributed by atoms with Crippen LogP contribution in [-0.4, -0.2) is 38.6 Å². The molecule has 1 aromatic heterocycles. The van der Waals surface area contributed by atoms with Gasteiger partial charge in [-0.15, -0.1) is 0 Å². The van der Waals surface area contributed by atoms with E-state index in [1.54, 1.807) is 0 Å². The van der Waals surface area contributed by atoms with Crippen molar-refractivity contribution in [2.45, 2.75) is 51.7 Å². The zero-order valence-electron chi connectivity index (χ0n) is 18.2. The Bertz CT molecular complexity index is 987.